The Labute approximate surface area is 148 Å². The van der Waals surface area contributed by atoms with Crippen molar-refractivity contribution in [3.05, 3.63) is 45.5 Å². The quantitative estimate of drug-likeness (QED) is 0.667. The molecule has 136 valence electrons. The van der Waals surface area contributed by atoms with Crippen molar-refractivity contribution in [3.63, 3.8) is 0 Å². The smallest absolute Gasteiger partial charge is 0.339 e. The minimum Gasteiger partial charge on any atom is -0.550 e. The summed E-state index contributed by atoms with van der Waals surface area (Å²) in [4.78, 5) is 34.4. The van der Waals surface area contributed by atoms with Crippen molar-refractivity contribution in [1.29, 1.82) is 0 Å². The second-order valence-corrected chi connectivity index (χ2v) is 6.23. The monoisotopic (exact) mass is 356 g/mol. The number of nitrogens with one attached hydrogen (secondary N) is 1. The fraction of sp³-hybridized carbons (Fsp3) is 0.316. The lowest BCUT2D eigenvalue weighted by Gasteiger charge is -2.09. The molecule has 0 saturated heterocycles. The zero-order valence-electron chi connectivity index (χ0n) is 14.5. The Kier molecular flexibility index (Phi) is 4.79. The van der Waals surface area contributed by atoms with Crippen LogP contribution in [0.4, 0.5) is 0 Å². The van der Waals surface area contributed by atoms with E-state index >= 15 is 0 Å². The minimum absolute atomic E-state index is 0.00419. The van der Waals surface area contributed by atoms with E-state index in [-0.39, 0.29) is 31.7 Å². The lowest BCUT2D eigenvalue weighted by Crippen LogP contribution is -2.31. The molecule has 0 atom stereocenters. The molecule has 1 N–H and O–H groups in total. The molecule has 1 amide bonds. The van der Waals surface area contributed by atoms with Gasteiger partial charge >= 0.3 is 5.63 Å². The first-order valence-electron chi connectivity index (χ1n) is 8.27. The number of aryl methyl sites for hydroxylation is 2. The third kappa shape index (κ3) is 3.46. The number of carboxylic acid groups (broad SMARTS) is 1. The molecule has 3 rings (SSSR count). The molecule has 0 spiro atoms. The molecule has 3 aromatic rings. The van der Waals surface area contributed by atoms with E-state index < -0.39 is 11.6 Å². The Morgan fingerprint density at radius 2 is 1.88 bits per heavy atom. The van der Waals surface area contributed by atoms with Crippen LogP contribution in [0, 0.1) is 13.8 Å². The number of carboxylic acids is 1. The molecule has 2 heterocycles. The van der Waals surface area contributed by atoms with Crippen molar-refractivity contribution in [1.82, 2.24) is 5.32 Å². The van der Waals surface area contributed by atoms with Crippen LogP contribution in [0.5, 0.6) is 0 Å². The third-order valence-electron chi connectivity index (χ3n) is 4.43. The van der Waals surface area contributed by atoms with Crippen LogP contribution in [0.2, 0.25) is 0 Å². The van der Waals surface area contributed by atoms with Crippen LogP contribution in [0.1, 0.15) is 29.5 Å². The van der Waals surface area contributed by atoms with Crippen LogP contribution in [-0.2, 0) is 16.0 Å². The molecule has 7 heteroatoms. The van der Waals surface area contributed by atoms with Gasteiger partial charge in [0.15, 0.2) is 0 Å². The highest BCUT2D eigenvalue weighted by molar-refractivity contribution is 5.96. The van der Waals surface area contributed by atoms with Crippen LogP contribution in [-0.4, -0.2) is 18.4 Å². The predicted molar refractivity (Wildman–Crippen MR) is 92.7 cm³/mol. The number of carbonyl (C=O) groups is 2. The van der Waals surface area contributed by atoms with Crippen molar-refractivity contribution in [2.24, 2.45) is 0 Å². The normalized spacial score (nSPS) is 11.2. The Morgan fingerprint density at radius 1 is 1.12 bits per heavy atom. The van der Waals surface area contributed by atoms with Crippen molar-refractivity contribution < 1.29 is 23.5 Å². The second kappa shape index (κ2) is 7.03. The summed E-state index contributed by atoms with van der Waals surface area (Å²) in [7, 11) is 0. The first-order chi connectivity index (χ1) is 12.4. The van der Waals surface area contributed by atoms with Gasteiger partial charge in [0.25, 0.3) is 0 Å². The molecular weight excluding hydrogens is 338 g/mol. The van der Waals surface area contributed by atoms with E-state index in [1.54, 1.807) is 12.3 Å². The van der Waals surface area contributed by atoms with Crippen LogP contribution in [0.25, 0.3) is 21.9 Å². The van der Waals surface area contributed by atoms with Crippen LogP contribution < -0.4 is 16.0 Å². The topological polar surface area (TPSA) is 113 Å². The summed E-state index contributed by atoms with van der Waals surface area (Å²) < 4.78 is 10.8. The minimum atomic E-state index is -1.22. The van der Waals surface area contributed by atoms with Gasteiger partial charge in [-0.3, -0.25) is 4.79 Å². The van der Waals surface area contributed by atoms with Gasteiger partial charge in [0, 0.05) is 47.8 Å². The Hall–Kier alpha value is -3.09. The van der Waals surface area contributed by atoms with Crippen molar-refractivity contribution in [3.8, 4) is 0 Å². The largest absolute Gasteiger partial charge is 0.550 e. The fourth-order valence-corrected chi connectivity index (χ4v) is 2.96. The van der Waals surface area contributed by atoms with E-state index in [1.807, 2.05) is 19.9 Å². The van der Waals surface area contributed by atoms with E-state index in [4.69, 9.17) is 8.83 Å². The molecule has 0 saturated carbocycles. The van der Waals surface area contributed by atoms with Crippen LogP contribution in [0.3, 0.4) is 0 Å². The van der Waals surface area contributed by atoms with E-state index in [9.17, 15) is 19.5 Å². The maximum absolute atomic E-state index is 12.3. The van der Waals surface area contributed by atoms with Gasteiger partial charge in [0.05, 0.1) is 6.26 Å². The summed E-state index contributed by atoms with van der Waals surface area (Å²) in [6.45, 7) is 3.76. The number of carbonyl (C=O) groups excluding carboxylic acids is 2. The Bertz CT molecular complexity index is 1060. The first-order valence-corrected chi connectivity index (χ1v) is 8.27. The summed E-state index contributed by atoms with van der Waals surface area (Å²) in [6, 6.07) is 3.62. The van der Waals surface area contributed by atoms with Crippen molar-refractivity contribution in [2.75, 3.05) is 6.54 Å². The molecule has 0 bridgehead atoms. The van der Waals surface area contributed by atoms with E-state index in [0.717, 1.165) is 21.9 Å². The molecule has 0 aliphatic carbocycles. The van der Waals surface area contributed by atoms with Gasteiger partial charge in [-0.2, -0.15) is 0 Å². The van der Waals surface area contributed by atoms with Crippen LogP contribution >= 0.6 is 0 Å². The maximum atomic E-state index is 12.3. The van der Waals surface area contributed by atoms with E-state index in [1.165, 1.54) is 0 Å². The van der Waals surface area contributed by atoms with Gasteiger partial charge in [-0.15, -0.1) is 0 Å². The standard InChI is InChI=1S/C19H19NO6/c1-10-9-25-15-8-16-14(7-13(10)15)11(2)12(19(24)26-16)3-4-17(21)20-6-5-18(22)23/h7-9H,3-6H2,1-2H3,(H,20,21)(H,22,23)/p-1. The lowest BCUT2D eigenvalue weighted by molar-refractivity contribution is -0.305. The molecule has 0 aliphatic rings. The Morgan fingerprint density at radius 3 is 2.62 bits per heavy atom. The maximum Gasteiger partial charge on any atom is 0.339 e. The highest BCUT2D eigenvalue weighted by Gasteiger charge is 2.15. The predicted octanol–water partition coefficient (Wildman–Crippen LogP) is 1.34. The van der Waals surface area contributed by atoms with E-state index in [2.05, 4.69) is 5.32 Å². The summed E-state index contributed by atoms with van der Waals surface area (Å²) in [5.74, 6) is -1.55. The number of fused-ring (bicyclic) bond motifs is 2. The highest BCUT2D eigenvalue weighted by Crippen LogP contribution is 2.28. The van der Waals surface area contributed by atoms with Gasteiger partial charge in [0.2, 0.25) is 5.91 Å². The average molecular weight is 356 g/mol. The zero-order valence-corrected chi connectivity index (χ0v) is 14.5. The van der Waals surface area contributed by atoms with Gasteiger partial charge in [-0.05, 0) is 37.5 Å². The molecule has 0 fully saturated rings. The molecule has 2 aromatic heterocycles. The summed E-state index contributed by atoms with van der Waals surface area (Å²) in [5, 5.41) is 14.6. The summed E-state index contributed by atoms with van der Waals surface area (Å²) in [6.07, 6.45) is 1.68. The van der Waals surface area contributed by atoms with E-state index in [0.29, 0.717) is 16.7 Å². The molecule has 1 aromatic carbocycles. The number of furan rings is 1. The van der Waals surface area contributed by atoms with Gasteiger partial charge in [-0.1, -0.05) is 0 Å². The van der Waals surface area contributed by atoms with Gasteiger partial charge in [0.1, 0.15) is 11.2 Å². The number of hydrogen-bond donors (Lipinski definition) is 1. The second-order valence-electron chi connectivity index (χ2n) is 6.23. The number of amides is 1. The summed E-state index contributed by atoms with van der Waals surface area (Å²) >= 11 is 0. The molecule has 0 aliphatic heterocycles. The van der Waals surface area contributed by atoms with Crippen LogP contribution in [0.15, 0.2) is 32.0 Å². The van der Waals surface area contributed by atoms with Crippen molar-refractivity contribution >= 4 is 33.8 Å². The molecular formula is C19H18NO6-. The number of hydrogen-bond acceptors (Lipinski definition) is 6. The van der Waals surface area contributed by atoms with Gasteiger partial charge < -0.3 is 24.1 Å². The Balaban J connectivity index is 1.85. The molecule has 26 heavy (non-hydrogen) atoms. The number of aliphatic carboxylic acids is 1. The zero-order chi connectivity index (χ0) is 18.8. The molecule has 7 nitrogen and oxygen atoms in total. The fourth-order valence-electron chi connectivity index (χ4n) is 2.96. The SMILES string of the molecule is Cc1coc2cc3oc(=O)c(CCC(=O)NCCC(=O)[O-])c(C)c3cc12. The highest BCUT2D eigenvalue weighted by atomic mass is 16.4. The number of rotatable bonds is 6. The summed E-state index contributed by atoms with van der Waals surface area (Å²) in [5.41, 5.74) is 2.80. The van der Waals surface area contributed by atoms with Gasteiger partial charge in [-0.25, -0.2) is 4.79 Å². The average Bonchev–Trinajstić information content (AvgIpc) is 2.93. The van der Waals surface area contributed by atoms with Crippen molar-refractivity contribution in [2.45, 2.75) is 33.1 Å². The molecule has 0 radical (unpaired) electrons. The third-order valence-corrected chi connectivity index (χ3v) is 4.43. The lowest BCUT2D eigenvalue weighted by atomic mass is 10.0. The number of benzene rings is 1. The first kappa shape index (κ1) is 17.7. The molecule has 0 unspecified atom stereocenters.